The van der Waals surface area contributed by atoms with Crippen molar-refractivity contribution in [3.05, 3.63) is 0 Å². The molecule has 398 valence electrons. The van der Waals surface area contributed by atoms with Crippen LogP contribution in [0, 0.1) is 0 Å². The van der Waals surface area contributed by atoms with Crippen molar-refractivity contribution in [2.45, 2.75) is 299 Å². The van der Waals surface area contributed by atoms with Crippen molar-refractivity contribution in [3.63, 3.8) is 0 Å². The summed E-state index contributed by atoms with van der Waals surface area (Å²) in [6, 6.07) is -1.31. The van der Waals surface area contributed by atoms with Crippen LogP contribution in [-0.4, -0.2) is 163 Å². The van der Waals surface area contributed by atoms with Gasteiger partial charge in [-0.15, -0.1) is 0 Å². The number of aliphatic hydroxyl groups is 10. The van der Waals surface area contributed by atoms with Gasteiger partial charge >= 0.3 is 0 Å². The minimum atomic E-state index is -1.87. The van der Waals surface area contributed by atoms with E-state index in [1.165, 1.54) is 122 Å². The van der Waals surface area contributed by atoms with Crippen molar-refractivity contribution < 1.29 is 74.8 Å². The molecule has 0 radical (unpaired) electrons. The highest BCUT2D eigenvalue weighted by Crippen LogP contribution is 2.30. The fraction of sp³-hybridized carbons (Fsp3) is 0.980. The van der Waals surface area contributed by atoms with Crippen LogP contribution in [-0.2, 0) is 23.7 Å². The van der Waals surface area contributed by atoms with Gasteiger partial charge in [-0.2, -0.15) is 0 Å². The molecular weight excluding hydrogens is 867 g/mol. The zero-order chi connectivity index (χ0) is 49.2. The molecule has 0 bridgehead atoms. The molecule has 16 nitrogen and oxygen atoms in total. The Morgan fingerprint density at radius 3 is 1.28 bits per heavy atom. The lowest BCUT2D eigenvalue weighted by Crippen LogP contribution is -2.65. The van der Waals surface area contributed by atoms with Gasteiger partial charge < -0.3 is 75.3 Å². The second kappa shape index (κ2) is 38.6. The second-order valence-corrected chi connectivity index (χ2v) is 19.7. The van der Waals surface area contributed by atoms with Crippen molar-refractivity contribution in [1.29, 1.82) is 0 Å². The Kier molecular flexibility index (Phi) is 35.7. The summed E-state index contributed by atoms with van der Waals surface area (Å²) in [5, 5.41) is 109. The highest BCUT2D eigenvalue weighted by atomic mass is 16.8. The zero-order valence-electron chi connectivity index (χ0n) is 41.6. The zero-order valence-corrected chi connectivity index (χ0v) is 41.6. The molecule has 1 unspecified atom stereocenters. The Morgan fingerprint density at radius 1 is 0.493 bits per heavy atom. The number of hydrogen-bond acceptors (Lipinski definition) is 15. The van der Waals surface area contributed by atoms with Crippen molar-refractivity contribution in [3.8, 4) is 0 Å². The van der Waals surface area contributed by atoms with E-state index in [-0.39, 0.29) is 12.8 Å². The number of ether oxygens (including phenoxy) is 4. The third-order valence-corrected chi connectivity index (χ3v) is 13.8. The summed E-state index contributed by atoms with van der Waals surface area (Å²) in [4.78, 5) is 13.4. The Labute approximate surface area is 403 Å². The molecule has 0 spiro atoms. The van der Waals surface area contributed by atoms with Crippen LogP contribution in [0.5, 0.6) is 0 Å². The van der Waals surface area contributed by atoms with Crippen molar-refractivity contribution in [2.75, 3.05) is 19.8 Å². The van der Waals surface area contributed by atoms with Gasteiger partial charge in [0.25, 0.3) is 0 Å². The maximum absolute atomic E-state index is 13.4. The summed E-state index contributed by atoms with van der Waals surface area (Å²) in [5.74, 6) is -0.774. The first kappa shape index (κ1) is 62.0. The number of unbranched alkanes of at least 4 members (excludes halogenated alkanes) is 27. The minimum Gasteiger partial charge on any atom is -0.394 e. The summed E-state index contributed by atoms with van der Waals surface area (Å²) in [5.41, 5.74) is 0. The highest BCUT2D eigenvalue weighted by Gasteiger charge is 2.51. The number of nitrogens with one attached hydrogen (secondary N) is 1. The van der Waals surface area contributed by atoms with Gasteiger partial charge in [0.15, 0.2) is 12.6 Å². The largest absolute Gasteiger partial charge is 0.394 e. The molecular formula is C51H99NO15. The van der Waals surface area contributed by atoms with E-state index in [1.54, 1.807) is 0 Å². The summed E-state index contributed by atoms with van der Waals surface area (Å²) in [6.07, 6.45) is 13.5. The third kappa shape index (κ3) is 25.2. The van der Waals surface area contributed by atoms with Crippen LogP contribution < -0.4 is 5.32 Å². The van der Waals surface area contributed by atoms with Crippen molar-refractivity contribution in [2.24, 2.45) is 0 Å². The van der Waals surface area contributed by atoms with Crippen LogP contribution in [0.1, 0.15) is 213 Å². The van der Waals surface area contributed by atoms with Crippen molar-refractivity contribution >= 4 is 5.91 Å². The molecule has 0 aromatic heterocycles. The summed E-state index contributed by atoms with van der Waals surface area (Å²) in [7, 11) is 0. The van der Waals surface area contributed by atoms with Crippen LogP contribution in [0.15, 0.2) is 0 Å². The first-order valence-electron chi connectivity index (χ1n) is 27.0. The fourth-order valence-electron chi connectivity index (χ4n) is 9.20. The predicted octanol–water partition coefficient (Wildman–Crippen LogP) is 5.33. The molecule has 0 aliphatic carbocycles. The Bertz CT molecular complexity index is 1170. The summed E-state index contributed by atoms with van der Waals surface area (Å²) >= 11 is 0. The van der Waals surface area contributed by atoms with E-state index in [2.05, 4.69) is 19.2 Å². The number of carbonyl (C=O) groups is 1. The number of amides is 1. The topological polar surface area (TPSA) is 268 Å². The van der Waals surface area contributed by atoms with E-state index in [0.29, 0.717) is 12.8 Å². The molecule has 1 amide bonds. The first-order valence-corrected chi connectivity index (χ1v) is 27.0. The van der Waals surface area contributed by atoms with E-state index in [4.69, 9.17) is 18.9 Å². The SMILES string of the molecule is CCCCCCCCCCCCCCCCCC[C@@H](O)C(=O)N[C@@H](CO[C@H]1O[C@H](CO)[C@H](O)[C@H](O)[C@H]1OC1O[C@H](CO)[C@H](O)[C@H](O)[C@H]1O)[C@H](O)[C@H](O)CCCCCCCCCCCCCCC. The molecule has 16 heteroatoms. The summed E-state index contributed by atoms with van der Waals surface area (Å²) in [6.45, 7) is 2.40. The van der Waals surface area contributed by atoms with Gasteiger partial charge in [0.05, 0.1) is 32.0 Å². The van der Waals surface area contributed by atoms with Crippen LogP contribution in [0.4, 0.5) is 0 Å². The average Bonchev–Trinajstić information content (AvgIpc) is 3.32. The molecule has 0 aromatic carbocycles. The van der Waals surface area contributed by atoms with Gasteiger partial charge in [-0.05, 0) is 12.8 Å². The molecule has 2 heterocycles. The van der Waals surface area contributed by atoms with Gasteiger partial charge in [0, 0.05) is 0 Å². The number of carbonyl (C=O) groups excluding carboxylic acids is 1. The van der Waals surface area contributed by atoms with Gasteiger partial charge in [-0.3, -0.25) is 4.79 Å². The second-order valence-electron chi connectivity index (χ2n) is 19.7. The normalized spacial score (nSPS) is 27.5. The number of rotatable bonds is 42. The minimum absolute atomic E-state index is 0.193. The van der Waals surface area contributed by atoms with Crippen molar-refractivity contribution in [1.82, 2.24) is 5.32 Å². The molecule has 0 saturated carbocycles. The van der Waals surface area contributed by atoms with Gasteiger partial charge in [-0.25, -0.2) is 0 Å². The smallest absolute Gasteiger partial charge is 0.249 e. The third-order valence-electron chi connectivity index (χ3n) is 13.8. The number of hydrogen-bond donors (Lipinski definition) is 11. The first-order chi connectivity index (χ1) is 32.4. The van der Waals surface area contributed by atoms with Crippen LogP contribution in [0.3, 0.4) is 0 Å². The van der Waals surface area contributed by atoms with E-state index in [1.807, 2.05) is 0 Å². The molecule has 2 rings (SSSR count). The maximum atomic E-state index is 13.4. The Hall–Kier alpha value is -1.09. The van der Waals surface area contributed by atoms with Gasteiger partial charge in [-0.1, -0.05) is 200 Å². The molecule has 2 aliphatic heterocycles. The van der Waals surface area contributed by atoms with Crippen LogP contribution in [0.25, 0.3) is 0 Å². The molecule has 2 aliphatic rings. The number of aliphatic hydroxyl groups excluding tert-OH is 10. The van der Waals surface area contributed by atoms with Crippen LogP contribution in [0.2, 0.25) is 0 Å². The lowest BCUT2D eigenvalue weighted by atomic mass is 9.97. The highest BCUT2D eigenvalue weighted by molar-refractivity contribution is 5.80. The Morgan fingerprint density at radius 2 is 0.866 bits per heavy atom. The molecule has 11 N–H and O–H groups in total. The van der Waals surface area contributed by atoms with E-state index < -0.39 is 111 Å². The maximum Gasteiger partial charge on any atom is 0.249 e. The quantitative estimate of drug-likeness (QED) is 0.0346. The molecule has 67 heavy (non-hydrogen) atoms. The van der Waals surface area contributed by atoms with E-state index in [0.717, 1.165) is 51.4 Å². The standard InChI is InChI=1S/C51H99NO15/c1-3-5-7-9-11-13-15-17-18-19-21-23-25-27-29-31-33-39(56)49(63)52-37(42(57)38(55)32-30-28-26-24-22-20-16-14-12-10-8-6-4-2)36-64-51-48(46(61)44(59)41(35-54)66-51)67-50-47(62)45(60)43(58)40(34-53)65-50/h37-48,50-51,53-62H,3-36H2,1-2H3,(H,52,63)/t37-,38+,39+,40+,41+,42-,43-,44-,45-,46-,47+,48+,50?,51-/m0/s1. The lowest BCUT2D eigenvalue weighted by Gasteiger charge is -2.46. The lowest BCUT2D eigenvalue weighted by molar-refractivity contribution is -0.368. The molecule has 2 fully saturated rings. The molecule has 0 aromatic rings. The van der Waals surface area contributed by atoms with Gasteiger partial charge in [0.2, 0.25) is 5.91 Å². The molecule has 2 saturated heterocycles. The van der Waals surface area contributed by atoms with E-state index in [9.17, 15) is 55.9 Å². The summed E-state index contributed by atoms with van der Waals surface area (Å²) < 4.78 is 22.9. The monoisotopic (exact) mass is 966 g/mol. The Balaban J connectivity index is 1.95. The fourth-order valence-corrected chi connectivity index (χ4v) is 9.20. The average molecular weight is 966 g/mol. The van der Waals surface area contributed by atoms with E-state index >= 15 is 0 Å². The van der Waals surface area contributed by atoms with Gasteiger partial charge in [0.1, 0.15) is 61.0 Å². The molecule has 14 atom stereocenters. The predicted molar refractivity (Wildman–Crippen MR) is 257 cm³/mol. The van der Waals surface area contributed by atoms with Crippen LogP contribution >= 0.6 is 0 Å².